The van der Waals surface area contributed by atoms with Gasteiger partial charge < -0.3 is 15.4 Å². The summed E-state index contributed by atoms with van der Waals surface area (Å²) >= 11 is 0. The molecule has 0 aromatic carbocycles. The number of likely N-dealkylation sites (tertiary alicyclic amines) is 1. The number of ether oxygens (including phenoxy) is 1. The van der Waals surface area contributed by atoms with Crippen LogP contribution in [-0.4, -0.2) is 36.6 Å². The summed E-state index contributed by atoms with van der Waals surface area (Å²) in [4.78, 5) is 23.7. The molecule has 1 fully saturated rings. The lowest BCUT2D eigenvalue weighted by Crippen LogP contribution is -2.43. The Kier molecular flexibility index (Phi) is 6.08. The SMILES string of the molecule is CCOC(=O)C1CCN(C(N)=O)CC1.Cl. The van der Waals surface area contributed by atoms with E-state index >= 15 is 0 Å². The third kappa shape index (κ3) is 3.95. The lowest BCUT2D eigenvalue weighted by Gasteiger charge is -2.29. The van der Waals surface area contributed by atoms with Gasteiger partial charge in [0.2, 0.25) is 0 Å². The number of amides is 2. The predicted molar refractivity (Wildman–Crippen MR) is 57.8 cm³/mol. The van der Waals surface area contributed by atoms with Crippen LogP contribution in [0.2, 0.25) is 0 Å². The van der Waals surface area contributed by atoms with Crippen LogP contribution >= 0.6 is 12.4 Å². The Labute approximate surface area is 95.3 Å². The van der Waals surface area contributed by atoms with Crippen molar-refractivity contribution in [3.8, 4) is 0 Å². The topological polar surface area (TPSA) is 72.6 Å². The zero-order chi connectivity index (χ0) is 10.6. The number of carbonyl (C=O) groups is 2. The maximum Gasteiger partial charge on any atom is 0.314 e. The minimum atomic E-state index is -0.410. The van der Waals surface area contributed by atoms with E-state index < -0.39 is 6.03 Å². The van der Waals surface area contributed by atoms with Crippen LogP contribution in [0, 0.1) is 5.92 Å². The van der Waals surface area contributed by atoms with Gasteiger partial charge in [-0.2, -0.15) is 0 Å². The van der Waals surface area contributed by atoms with Crippen molar-refractivity contribution in [3.63, 3.8) is 0 Å². The fourth-order valence-corrected chi connectivity index (χ4v) is 1.60. The highest BCUT2D eigenvalue weighted by Gasteiger charge is 2.26. The van der Waals surface area contributed by atoms with E-state index in [9.17, 15) is 9.59 Å². The number of halogens is 1. The molecule has 88 valence electrons. The number of rotatable bonds is 2. The van der Waals surface area contributed by atoms with Crippen molar-refractivity contribution in [2.45, 2.75) is 19.8 Å². The molecule has 1 heterocycles. The first-order valence-electron chi connectivity index (χ1n) is 4.86. The highest BCUT2D eigenvalue weighted by atomic mass is 35.5. The number of piperidine rings is 1. The van der Waals surface area contributed by atoms with Crippen molar-refractivity contribution in [2.75, 3.05) is 19.7 Å². The van der Waals surface area contributed by atoms with Crippen LogP contribution in [0.15, 0.2) is 0 Å². The molecular weight excluding hydrogens is 220 g/mol. The summed E-state index contributed by atoms with van der Waals surface area (Å²) in [5.41, 5.74) is 5.12. The van der Waals surface area contributed by atoms with Gasteiger partial charge in [-0.15, -0.1) is 12.4 Å². The Bertz CT molecular complexity index is 227. The van der Waals surface area contributed by atoms with Crippen LogP contribution in [0.5, 0.6) is 0 Å². The highest BCUT2D eigenvalue weighted by Crippen LogP contribution is 2.18. The number of primary amides is 1. The lowest BCUT2D eigenvalue weighted by atomic mass is 9.97. The zero-order valence-electron chi connectivity index (χ0n) is 8.77. The Hall–Kier alpha value is -0.970. The van der Waals surface area contributed by atoms with Crippen LogP contribution in [0.4, 0.5) is 4.79 Å². The first kappa shape index (κ1) is 14.0. The molecule has 0 spiro atoms. The first-order chi connectivity index (χ1) is 6.65. The van der Waals surface area contributed by atoms with Crippen LogP contribution in [0.1, 0.15) is 19.8 Å². The molecule has 0 bridgehead atoms. The average molecular weight is 237 g/mol. The van der Waals surface area contributed by atoms with Crippen molar-refractivity contribution in [1.82, 2.24) is 4.90 Å². The summed E-state index contributed by atoms with van der Waals surface area (Å²) in [5.74, 6) is -0.220. The Morgan fingerprint density at radius 1 is 1.40 bits per heavy atom. The molecule has 15 heavy (non-hydrogen) atoms. The molecule has 1 aliphatic rings. The summed E-state index contributed by atoms with van der Waals surface area (Å²) in [6, 6.07) is -0.410. The summed E-state index contributed by atoms with van der Waals surface area (Å²) in [6.45, 7) is 3.31. The van der Waals surface area contributed by atoms with Crippen LogP contribution in [0.25, 0.3) is 0 Å². The summed E-state index contributed by atoms with van der Waals surface area (Å²) in [7, 11) is 0. The molecule has 1 rings (SSSR count). The van der Waals surface area contributed by atoms with Gasteiger partial charge in [0.1, 0.15) is 0 Å². The molecule has 0 radical (unpaired) electrons. The van der Waals surface area contributed by atoms with Gasteiger partial charge in [0.15, 0.2) is 0 Å². The molecule has 0 aromatic heterocycles. The highest BCUT2D eigenvalue weighted by molar-refractivity contribution is 5.85. The third-order valence-corrected chi connectivity index (χ3v) is 2.43. The molecule has 0 atom stereocenters. The van der Waals surface area contributed by atoms with E-state index in [1.807, 2.05) is 0 Å². The van der Waals surface area contributed by atoms with Gasteiger partial charge in [-0.1, -0.05) is 0 Å². The number of nitrogens with two attached hydrogens (primary N) is 1. The minimum absolute atomic E-state index is 0. The van der Waals surface area contributed by atoms with E-state index in [1.165, 1.54) is 0 Å². The fourth-order valence-electron chi connectivity index (χ4n) is 1.60. The molecular formula is C9H17ClN2O3. The van der Waals surface area contributed by atoms with E-state index in [2.05, 4.69) is 0 Å². The standard InChI is InChI=1S/C9H16N2O3.ClH/c1-2-14-8(12)7-3-5-11(6-4-7)9(10)13;/h7H,2-6H2,1H3,(H2,10,13);1H. The molecule has 0 aliphatic carbocycles. The maximum atomic E-state index is 11.3. The van der Waals surface area contributed by atoms with E-state index in [1.54, 1.807) is 11.8 Å². The summed E-state index contributed by atoms with van der Waals surface area (Å²) in [6.07, 6.45) is 1.31. The first-order valence-corrected chi connectivity index (χ1v) is 4.86. The van der Waals surface area contributed by atoms with Gasteiger partial charge in [0, 0.05) is 13.1 Å². The Balaban J connectivity index is 0.00000196. The van der Waals surface area contributed by atoms with Gasteiger partial charge in [0.05, 0.1) is 12.5 Å². The molecule has 0 unspecified atom stereocenters. The van der Waals surface area contributed by atoms with Crippen LogP contribution in [-0.2, 0) is 9.53 Å². The van der Waals surface area contributed by atoms with Crippen molar-refractivity contribution in [1.29, 1.82) is 0 Å². The van der Waals surface area contributed by atoms with Gasteiger partial charge in [-0.25, -0.2) is 4.79 Å². The molecule has 5 nitrogen and oxygen atoms in total. The molecule has 2 amide bonds. The molecule has 1 aliphatic heterocycles. The van der Waals surface area contributed by atoms with Gasteiger partial charge >= 0.3 is 12.0 Å². The molecule has 2 N–H and O–H groups in total. The molecule has 1 saturated heterocycles. The van der Waals surface area contributed by atoms with Crippen molar-refractivity contribution < 1.29 is 14.3 Å². The quantitative estimate of drug-likeness (QED) is 0.720. The van der Waals surface area contributed by atoms with E-state index in [0.29, 0.717) is 32.5 Å². The zero-order valence-corrected chi connectivity index (χ0v) is 9.59. The van der Waals surface area contributed by atoms with Crippen molar-refractivity contribution >= 4 is 24.4 Å². The number of esters is 1. The fraction of sp³-hybridized carbons (Fsp3) is 0.778. The van der Waals surface area contributed by atoms with Crippen LogP contribution < -0.4 is 5.73 Å². The summed E-state index contributed by atoms with van der Waals surface area (Å²) < 4.78 is 4.90. The van der Waals surface area contributed by atoms with Gasteiger partial charge in [-0.05, 0) is 19.8 Å². The van der Waals surface area contributed by atoms with E-state index in [-0.39, 0.29) is 24.3 Å². The lowest BCUT2D eigenvalue weighted by molar-refractivity contribution is -0.149. The maximum absolute atomic E-state index is 11.3. The van der Waals surface area contributed by atoms with Crippen molar-refractivity contribution in [3.05, 3.63) is 0 Å². The second-order valence-corrected chi connectivity index (χ2v) is 3.35. The number of hydrogen-bond donors (Lipinski definition) is 1. The van der Waals surface area contributed by atoms with Crippen molar-refractivity contribution in [2.24, 2.45) is 11.7 Å². The number of carbonyl (C=O) groups excluding carboxylic acids is 2. The predicted octanol–water partition coefficient (Wildman–Crippen LogP) is 0.762. The second-order valence-electron chi connectivity index (χ2n) is 3.35. The van der Waals surface area contributed by atoms with Crippen LogP contribution in [0.3, 0.4) is 0 Å². The number of hydrogen-bond acceptors (Lipinski definition) is 3. The van der Waals surface area contributed by atoms with Gasteiger partial charge in [0.25, 0.3) is 0 Å². The summed E-state index contributed by atoms with van der Waals surface area (Å²) in [5, 5.41) is 0. The Morgan fingerprint density at radius 3 is 2.33 bits per heavy atom. The largest absolute Gasteiger partial charge is 0.466 e. The molecule has 6 heteroatoms. The normalized spacial score (nSPS) is 16.7. The third-order valence-electron chi connectivity index (χ3n) is 2.43. The Morgan fingerprint density at radius 2 is 1.93 bits per heavy atom. The molecule has 0 saturated carbocycles. The van der Waals surface area contributed by atoms with Gasteiger partial charge in [-0.3, -0.25) is 4.79 Å². The average Bonchev–Trinajstić information content (AvgIpc) is 2.18. The monoisotopic (exact) mass is 236 g/mol. The number of nitrogens with zero attached hydrogens (tertiary/aromatic N) is 1. The smallest absolute Gasteiger partial charge is 0.314 e. The second kappa shape index (κ2) is 6.50. The number of urea groups is 1. The van der Waals surface area contributed by atoms with E-state index in [0.717, 1.165) is 0 Å². The molecule has 0 aromatic rings. The minimum Gasteiger partial charge on any atom is -0.466 e. The van der Waals surface area contributed by atoms with E-state index in [4.69, 9.17) is 10.5 Å².